The SMILES string of the molecule is CSc1ccc(S(=O)(=O)Nc2ccc(Cl)cc2C(F)(F)F)cc1C(=O)N1CCCCCC1. The molecule has 0 saturated carbocycles. The Labute approximate surface area is 194 Å². The number of halogens is 4. The number of alkyl halides is 3. The van der Waals surface area contributed by atoms with Crippen LogP contribution >= 0.6 is 23.4 Å². The van der Waals surface area contributed by atoms with Crippen LogP contribution < -0.4 is 4.72 Å². The molecule has 2 aromatic carbocycles. The third-order valence-electron chi connectivity index (χ3n) is 5.14. The fourth-order valence-electron chi connectivity index (χ4n) is 3.51. The van der Waals surface area contributed by atoms with Gasteiger partial charge in [-0.15, -0.1) is 11.8 Å². The summed E-state index contributed by atoms with van der Waals surface area (Å²) < 4.78 is 68.0. The number of carbonyl (C=O) groups is 1. The number of thioether (sulfide) groups is 1. The van der Waals surface area contributed by atoms with Gasteiger partial charge < -0.3 is 4.90 Å². The minimum absolute atomic E-state index is 0.171. The van der Waals surface area contributed by atoms with Gasteiger partial charge in [0.2, 0.25) is 0 Å². The van der Waals surface area contributed by atoms with Crippen LogP contribution in [0.3, 0.4) is 0 Å². The van der Waals surface area contributed by atoms with Crippen molar-refractivity contribution >= 4 is 45.0 Å². The molecule has 0 aliphatic carbocycles. The lowest BCUT2D eigenvalue weighted by Gasteiger charge is -2.22. The molecule has 0 radical (unpaired) electrons. The van der Waals surface area contributed by atoms with Crippen molar-refractivity contribution in [2.45, 2.75) is 41.7 Å². The van der Waals surface area contributed by atoms with E-state index in [0.29, 0.717) is 24.1 Å². The number of hydrogen-bond acceptors (Lipinski definition) is 4. The van der Waals surface area contributed by atoms with Gasteiger partial charge in [-0.2, -0.15) is 13.2 Å². The van der Waals surface area contributed by atoms with E-state index in [-0.39, 0.29) is 21.4 Å². The van der Waals surface area contributed by atoms with E-state index in [1.807, 2.05) is 4.72 Å². The standard InChI is InChI=1S/C21H22ClF3N2O3S2/c1-31-19-9-7-15(13-16(19)20(28)27-10-4-2-3-5-11-27)32(29,30)26-18-8-6-14(22)12-17(18)21(23,24)25/h6-9,12-13,26H,2-5,10-11H2,1H3. The van der Waals surface area contributed by atoms with Gasteiger partial charge in [-0.1, -0.05) is 24.4 Å². The summed E-state index contributed by atoms with van der Waals surface area (Å²) in [6.07, 6.45) is 0.761. The van der Waals surface area contributed by atoms with E-state index in [4.69, 9.17) is 11.6 Å². The fraction of sp³-hybridized carbons (Fsp3) is 0.381. The zero-order valence-electron chi connectivity index (χ0n) is 17.2. The molecule has 1 N–H and O–H groups in total. The first-order valence-corrected chi connectivity index (χ1v) is 13.0. The van der Waals surface area contributed by atoms with Crippen LogP contribution in [0.25, 0.3) is 0 Å². The second-order valence-electron chi connectivity index (χ2n) is 7.36. The predicted molar refractivity (Wildman–Crippen MR) is 120 cm³/mol. The van der Waals surface area contributed by atoms with E-state index in [1.165, 1.54) is 36.0 Å². The summed E-state index contributed by atoms with van der Waals surface area (Å²) in [6, 6.07) is 6.78. The van der Waals surface area contributed by atoms with Gasteiger partial charge in [0.25, 0.3) is 15.9 Å². The molecular weight excluding hydrogens is 485 g/mol. The highest BCUT2D eigenvalue weighted by Gasteiger charge is 2.35. The molecule has 11 heteroatoms. The van der Waals surface area contributed by atoms with Crippen LogP contribution in [-0.2, 0) is 16.2 Å². The molecule has 2 aromatic rings. The molecule has 0 bridgehead atoms. The van der Waals surface area contributed by atoms with Crippen LogP contribution in [0.1, 0.15) is 41.6 Å². The zero-order valence-corrected chi connectivity index (χ0v) is 19.6. The summed E-state index contributed by atoms with van der Waals surface area (Å²) in [5, 5.41) is -0.171. The van der Waals surface area contributed by atoms with Crippen LogP contribution in [0.4, 0.5) is 18.9 Å². The van der Waals surface area contributed by atoms with Crippen molar-refractivity contribution in [3.8, 4) is 0 Å². The highest BCUT2D eigenvalue weighted by Crippen LogP contribution is 2.37. The largest absolute Gasteiger partial charge is 0.418 e. The molecule has 1 aliphatic heterocycles. The van der Waals surface area contributed by atoms with Gasteiger partial charge in [0, 0.05) is 23.0 Å². The number of sulfonamides is 1. The minimum atomic E-state index is -4.81. The second kappa shape index (κ2) is 9.93. The number of nitrogens with zero attached hydrogens (tertiary/aromatic N) is 1. The highest BCUT2D eigenvalue weighted by molar-refractivity contribution is 7.98. The van der Waals surface area contributed by atoms with Crippen molar-refractivity contribution in [2.75, 3.05) is 24.1 Å². The highest BCUT2D eigenvalue weighted by atomic mass is 35.5. The number of carbonyl (C=O) groups excluding carboxylic acids is 1. The molecule has 5 nitrogen and oxygen atoms in total. The van der Waals surface area contributed by atoms with Gasteiger partial charge in [0.05, 0.1) is 21.7 Å². The smallest absolute Gasteiger partial charge is 0.339 e. The normalized spacial score (nSPS) is 15.3. The Kier molecular flexibility index (Phi) is 7.67. The van der Waals surface area contributed by atoms with Crippen molar-refractivity contribution in [2.24, 2.45) is 0 Å². The summed E-state index contributed by atoms with van der Waals surface area (Å²) in [7, 11) is -4.40. The molecule has 0 aromatic heterocycles. The third-order valence-corrected chi connectivity index (χ3v) is 7.53. The van der Waals surface area contributed by atoms with Gasteiger partial charge >= 0.3 is 6.18 Å². The maximum absolute atomic E-state index is 13.4. The molecule has 174 valence electrons. The molecule has 1 heterocycles. The average Bonchev–Trinajstić information content (AvgIpc) is 3.02. The minimum Gasteiger partial charge on any atom is -0.339 e. The number of hydrogen-bond donors (Lipinski definition) is 1. The molecular formula is C21H22ClF3N2O3S2. The van der Waals surface area contributed by atoms with Crippen LogP contribution in [0.2, 0.25) is 5.02 Å². The predicted octanol–water partition coefficient (Wildman–Crippen LogP) is 5.90. The Morgan fingerprint density at radius 3 is 2.31 bits per heavy atom. The number of likely N-dealkylation sites (tertiary alicyclic amines) is 1. The lowest BCUT2D eigenvalue weighted by atomic mass is 10.2. The Morgan fingerprint density at radius 2 is 1.72 bits per heavy atom. The Balaban J connectivity index is 1.97. The summed E-state index contributed by atoms with van der Waals surface area (Å²) in [6.45, 7) is 1.17. The molecule has 3 rings (SSSR count). The van der Waals surface area contributed by atoms with Crippen LogP contribution in [0.5, 0.6) is 0 Å². The fourth-order valence-corrected chi connectivity index (χ4v) is 5.36. The van der Waals surface area contributed by atoms with Crippen molar-refractivity contribution in [1.29, 1.82) is 0 Å². The van der Waals surface area contributed by atoms with E-state index < -0.39 is 27.5 Å². The van der Waals surface area contributed by atoms with Crippen LogP contribution in [0, 0.1) is 0 Å². The number of benzene rings is 2. The maximum atomic E-state index is 13.4. The van der Waals surface area contributed by atoms with E-state index in [0.717, 1.165) is 31.7 Å². The maximum Gasteiger partial charge on any atom is 0.418 e. The quantitative estimate of drug-likeness (QED) is 0.513. The Hall–Kier alpha value is -1.91. The van der Waals surface area contributed by atoms with Crippen LogP contribution in [-0.4, -0.2) is 38.6 Å². The zero-order chi connectivity index (χ0) is 23.5. The first-order valence-electron chi connectivity index (χ1n) is 9.90. The van der Waals surface area contributed by atoms with Crippen molar-refractivity contribution < 1.29 is 26.4 Å². The third kappa shape index (κ3) is 5.71. The number of nitrogens with one attached hydrogen (secondary N) is 1. The van der Waals surface area contributed by atoms with Gasteiger partial charge in [0.15, 0.2) is 0 Å². The summed E-state index contributed by atoms with van der Waals surface area (Å²) in [4.78, 5) is 15.1. The van der Waals surface area contributed by atoms with Crippen molar-refractivity contribution in [3.05, 3.63) is 52.5 Å². The van der Waals surface area contributed by atoms with Gasteiger partial charge in [-0.25, -0.2) is 8.42 Å². The van der Waals surface area contributed by atoms with E-state index in [9.17, 15) is 26.4 Å². The number of amides is 1. The first kappa shape index (κ1) is 24.7. The van der Waals surface area contributed by atoms with E-state index in [2.05, 4.69) is 0 Å². The summed E-state index contributed by atoms with van der Waals surface area (Å²) in [5.74, 6) is -0.282. The van der Waals surface area contributed by atoms with E-state index >= 15 is 0 Å². The monoisotopic (exact) mass is 506 g/mol. The molecule has 1 saturated heterocycles. The summed E-state index contributed by atoms with van der Waals surface area (Å²) in [5.41, 5.74) is -1.62. The first-order chi connectivity index (χ1) is 15.0. The second-order valence-corrected chi connectivity index (χ2v) is 10.3. The van der Waals surface area contributed by atoms with Gasteiger partial charge in [-0.3, -0.25) is 9.52 Å². The molecule has 1 amide bonds. The number of anilines is 1. The lowest BCUT2D eigenvalue weighted by molar-refractivity contribution is -0.136. The topological polar surface area (TPSA) is 66.5 Å². The van der Waals surface area contributed by atoms with Gasteiger partial charge in [-0.05, 0) is 55.5 Å². The van der Waals surface area contributed by atoms with Gasteiger partial charge in [0.1, 0.15) is 0 Å². The molecule has 1 fully saturated rings. The van der Waals surface area contributed by atoms with Crippen molar-refractivity contribution in [1.82, 2.24) is 4.90 Å². The lowest BCUT2D eigenvalue weighted by Crippen LogP contribution is -2.32. The Morgan fingerprint density at radius 1 is 1.06 bits per heavy atom. The molecule has 0 unspecified atom stereocenters. The van der Waals surface area contributed by atoms with E-state index in [1.54, 1.807) is 11.2 Å². The number of rotatable bonds is 5. The summed E-state index contributed by atoms with van der Waals surface area (Å²) >= 11 is 6.96. The average molecular weight is 507 g/mol. The Bertz CT molecular complexity index is 1100. The van der Waals surface area contributed by atoms with Crippen molar-refractivity contribution in [3.63, 3.8) is 0 Å². The molecule has 1 aliphatic rings. The molecule has 0 atom stereocenters. The molecule has 0 spiro atoms. The molecule has 32 heavy (non-hydrogen) atoms. The van der Waals surface area contributed by atoms with Crippen LogP contribution in [0.15, 0.2) is 46.2 Å².